The third-order valence-electron chi connectivity index (χ3n) is 2.02. The van der Waals surface area contributed by atoms with E-state index >= 15 is 0 Å². The zero-order valence-electron chi connectivity index (χ0n) is 8.83. The van der Waals surface area contributed by atoms with Gasteiger partial charge in [0.2, 0.25) is 0 Å². The topological polar surface area (TPSA) is 106 Å². The van der Waals surface area contributed by atoms with Gasteiger partial charge < -0.3 is 20.7 Å². The van der Waals surface area contributed by atoms with Crippen molar-refractivity contribution in [3.63, 3.8) is 0 Å². The minimum absolute atomic E-state index is 0.0679. The van der Waals surface area contributed by atoms with Gasteiger partial charge in [0.25, 0.3) is 0 Å². The number of anilines is 1. The molecule has 0 saturated heterocycles. The monoisotopic (exact) mass is 226 g/mol. The highest BCUT2D eigenvalue weighted by molar-refractivity contribution is 5.75. The number of ether oxygens (including phenoxy) is 1. The SMILES string of the molecule is CCOC(=O)C(O)C(O)c1cccnc1N. The van der Waals surface area contributed by atoms with Crippen molar-refractivity contribution < 1.29 is 19.7 Å². The van der Waals surface area contributed by atoms with Crippen LogP contribution < -0.4 is 5.73 Å². The number of aromatic nitrogens is 1. The van der Waals surface area contributed by atoms with Gasteiger partial charge in [-0.3, -0.25) is 0 Å². The number of nitrogens with zero attached hydrogens (tertiary/aromatic N) is 1. The van der Waals surface area contributed by atoms with Crippen molar-refractivity contribution in [1.82, 2.24) is 4.98 Å². The van der Waals surface area contributed by atoms with E-state index < -0.39 is 18.2 Å². The molecule has 0 spiro atoms. The normalized spacial score (nSPS) is 14.2. The first kappa shape index (κ1) is 12.4. The van der Waals surface area contributed by atoms with Crippen LogP contribution in [-0.4, -0.2) is 33.9 Å². The average Bonchev–Trinajstić information content (AvgIpc) is 2.28. The fourth-order valence-electron chi connectivity index (χ4n) is 1.21. The Morgan fingerprint density at radius 2 is 2.31 bits per heavy atom. The molecule has 2 unspecified atom stereocenters. The van der Waals surface area contributed by atoms with Gasteiger partial charge in [0.05, 0.1) is 6.61 Å². The third-order valence-corrected chi connectivity index (χ3v) is 2.02. The number of carbonyl (C=O) groups is 1. The van der Waals surface area contributed by atoms with Crippen LogP contribution in [0.5, 0.6) is 0 Å². The lowest BCUT2D eigenvalue weighted by molar-refractivity contribution is -0.159. The van der Waals surface area contributed by atoms with Gasteiger partial charge in [0.15, 0.2) is 6.10 Å². The Morgan fingerprint density at radius 3 is 2.88 bits per heavy atom. The molecule has 0 aliphatic heterocycles. The van der Waals surface area contributed by atoms with Crippen molar-refractivity contribution in [2.75, 3.05) is 12.3 Å². The highest BCUT2D eigenvalue weighted by atomic mass is 16.5. The Labute approximate surface area is 92.7 Å². The lowest BCUT2D eigenvalue weighted by Gasteiger charge is -2.17. The van der Waals surface area contributed by atoms with Gasteiger partial charge in [-0.05, 0) is 13.0 Å². The van der Waals surface area contributed by atoms with Crippen LogP contribution in [0.1, 0.15) is 18.6 Å². The summed E-state index contributed by atoms with van der Waals surface area (Å²) >= 11 is 0. The van der Waals surface area contributed by atoms with Gasteiger partial charge >= 0.3 is 5.97 Å². The van der Waals surface area contributed by atoms with Crippen LogP contribution in [0.15, 0.2) is 18.3 Å². The molecule has 0 aliphatic rings. The summed E-state index contributed by atoms with van der Waals surface area (Å²) in [7, 11) is 0. The molecule has 1 aromatic heterocycles. The highest BCUT2D eigenvalue weighted by Gasteiger charge is 2.28. The van der Waals surface area contributed by atoms with Gasteiger partial charge in [0.1, 0.15) is 11.9 Å². The minimum atomic E-state index is -1.66. The van der Waals surface area contributed by atoms with Crippen LogP contribution in [0.25, 0.3) is 0 Å². The van der Waals surface area contributed by atoms with E-state index in [0.717, 1.165) is 0 Å². The van der Waals surface area contributed by atoms with Gasteiger partial charge in [0, 0.05) is 11.8 Å². The van der Waals surface area contributed by atoms with Gasteiger partial charge in [-0.1, -0.05) is 6.07 Å². The number of aliphatic hydroxyl groups excluding tert-OH is 2. The average molecular weight is 226 g/mol. The first-order chi connectivity index (χ1) is 7.57. The van der Waals surface area contributed by atoms with Gasteiger partial charge in [-0.2, -0.15) is 0 Å². The largest absolute Gasteiger partial charge is 0.464 e. The predicted octanol–water partition coefficient (Wildman–Crippen LogP) is -0.379. The van der Waals surface area contributed by atoms with E-state index in [1.807, 2.05) is 0 Å². The number of nitrogens with two attached hydrogens (primary N) is 1. The van der Waals surface area contributed by atoms with Crippen LogP contribution in [0.4, 0.5) is 5.82 Å². The highest BCUT2D eigenvalue weighted by Crippen LogP contribution is 2.21. The standard InChI is InChI=1S/C10H14N2O4/c1-2-16-10(15)8(14)7(13)6-4-3-5-12-9(6)11/h3-5,7-8,13-14H,2H2,1H3,(H2,11,12). The molecule has 1 aromatic rings. The van der Waals surface area contributed by atoms with Gasteiger partial charge in [-0.15, -0.1) is 0 Å². The first-order valence-electron chi connectivity index (χ1n) is 4.81. The van der Waals surface area contributed by atoms with E-state index in [1.54, 1.807) is 13.0 Å². The molecule has 0 bridgehead atoms. The molecule has 16 heavy (non-hydrogen) atoms. The molecule has 0 aromatic carbocycles. The first-order valence-corrected chi connectivity index (χ1v) is 4.81. The summed E-state index contributed by atoms with van der Waals surface area (Å²) in [6.45, 7) is 1.74. The lowest BCUT2D eigenvalue weighted by atomic mass is 10.1. The molecule has 6 heteroatoms. The van der Waals surface area contributed by atoms with Crippen molar-refractivity contribution in [3.8, 4) is 0 Å². The number of hydrogen-bond donors (Lipinski definition) is 3. The van der Waals surface area contributed by atoms with Crippen molar-refractivity contribution in [2.45, 2.75) is 19.1 Å². The summed E-state index contributed by atoms with van der Waals surface area (Å²) in [5.41, 5.74) is 5.70. The molecule has 4 N–H and O–H groups in total. The van der Waals surface area contributed by atoms with Crippen molar-refractivity contribution in [1.29, 1.82) is 0 Å². The van der Waals surface area contributed by atoms with E-state index in [0.29, 0.717) is 0 Å². The fraction of sp³-hybridized carbons (Fsp3) is 0.400. The summed E-state index contributed by atoms with van der Waals surface area (Å²) in [5, 5.41) is 19.2. The Morgan fingerprint density at radius 1 is 1.62 bits per heavy atom. The summed E-state index contributed by atoms with van der Waals surface area (Å²) in [5.74, 6) is -0.823. The maximum Gasteiger partial charge on any atom is 0.338 e. The summed E-state index contributed by atoms with van der Waals surface area (Å²) in [4.78, 5) is 14.9. The predicted molar refractivity (Wildman–Crippen MR) is 56.2 cm³/mol. The number of pyridine rings is 1. The molecule has 0 radical (unpaired) electrons. The van der Waals surface area contributed by atoms with Crippen molar-refractivity contribution >= 4 is 11.8 Å². The number of esters is 1. The molecule has 0 saturated carbocycles. The molecule has 88 valence electrons. The molecular weight excluding hydrogens is 212 g/mol. The van der Waals surface area contributed by atoms with Crippen molar-refractivity contribution in [2.24, 2.45) is 0 Å². The van der Waals surface area contributed by atoms with E-state index in [4.69, 9.17) is 5.73 Å². The van der Waals surface area contributed by atoms with E-state index in [2.05, 4.69) is 9.72 Å². The molecule has 2 atom stereocenters. The third kappa shape index (κ3) is 2.68. The second-order valence-corrected chi connectivity index (χ2v) is 3.12. The van der Waals surface area contributed by atoms with Crippen LogP contribution >= 0.6 is 0 Å². The number of carbonyl (C=O) groups excluding carboxylic acids is 1. The quantitative estimate of drug-likeness (QED) is 0.604. The number of rotatable bonds is 4. The number of nitrogen functional groups attached to an aromatic ring is 1. The molecule has 6 nitrogen and oxygen atoms in total. The second kappa shape index (κ2) is 5.43. The maximum atomic E-state index is 11.2. The maximum absolute atomic E-state index is 11.2. The Balaban J connectivity index is 2.82. The molecule has 1 heterocycles. The number of hydrogen-bond acceptors (Lipinski definition) is 6. The van der Waals surface area contributed by atoms with Crippen LogP contribution in [0, 0.1) is 0 Å². The van der Waals surface area contributed by atoms with Crippen LogP contribution in [-0.2, 0) is 9.53 Å². The minimum Gasteiger partial charge on any atom is -0.464 e. The Bertz CT molecular complexity index is 370. The van der Waals surface area contributed by atoms with E-state index in [1.165, 1.54) is 12.3 Å². The molecular formula is C10H14N2O4. The summed E-state index contributed by atoms with van der Waals surface area (Å²) in [6, 6.07) is 3.03. The Kier molecular flexibility index (Phi) is 4.21. The lowest BCUT2D eigenvalue weighted by Crippen LogP contribution is -2.30. The van der Waals surface area contributed by atoms with Gasteiger partial charge in [-0.25, -0.2) is 9.78 Å². The fourth-order valence-corrected chi connectivity index (χ4v) is 1.21. The molecule has 1 rings (SSSR count). The number of aliphatic hydroxyl groups is 2. The van der Waals surface area contributed by atoms with E-state index in [9.17, 15) is 15.0 Å². The second-order valence-electron chi connectivity index (χ2n) is 3.12. The van der Waals surface area contributed by atoms with Crippen LogP contribution in [0.2, 0.25) is 0 Å². The molecule has 0 fully saturated rings. The summed E-state index contributed by atoms with van der Waals surface area (Å²) < 4.78 is 4.58. The molecule has 0 aliphatic carbocycles. The summed E-state index contributed by atoms with van der Waals surface area (Å²) in [6.07, 6.45) is -1.65. The van der Waals surface area contributed by atoms with Crippen LogP contribution in [0.3, 0.4) is 0 Å². The van der Waals surface area contributed by atoms with E-state index in [-0.39, 0.29) is 18.0 Å². The zero-order valence-corrected chi connectivity index (χ0v) is 8.83. The smallest absolute Gasteiger partial charge is 0.338 e. The van der Waals surface area contributed by atoms with Crippen molar-refractivity contribution in [3.05, 3.63) is 23.9 Å². The Hall–Kier alpha value is -1.66. The molecule has 0 amide bonds. The zero-order chi connectivity index (χ0) is 12.1.